The van der Waals surface area contributed by atoms with E-state index in [2.05, 4.69) is 9.68 Å². The van der Waals surface area contributed by atoms with E-state index in [1.807, 2.05) is 4.72 Å². The second-order valence-electron chi connectivity index (χ2n) is 8.37. The summed E-state index contributed by atoms with van der Waals surface area (Å²) in [6.45, 7) is 0. The molecule has 4 aromatic rings. The Balaban J connectivity index is 1.63. The number of rotatable bonds is 6. The Hall–Kier alpha value is -3.94. The van der Waals surface area contributed by atoms with Gasteiger partial charge in [0.2, 0.25) is 0 Å². The van der Waals surface area contributed by atoms with E-state index < -0.39 is 50.1 Å². The van der Waals surface area contributed by atoms with Crippen molar-refractivity contribution in [3.05, 3.63) is 76.3 Å². The second kappa shape index (κ2) is 8.57. The zero-order valence-electron chi connectivity index (χ0n) is 18.7. The third kappa shape index (κ3) is 4.41. The molecular formula is C23H16F5N3O5S. The van der Waals surface area contributed by atoms with E-state index in [4.69, 9.17) is 4.74 Å². The number of hydrogen-bond acceptors (Lipinski definition) is 6. The van der Waals surface area contributed by atoms with Gasteiger partial charge < -0.3 is 9.26 Å². The molecule has 0 saturated heterocycles. The molecule has 2 atom stereocenters. The summed E-state index contributed by atoms with van der Waals surface area (Å²) < 4.78 is 107. The number of fused-ring (bicyclic) bond motifs is 1. The molecule has 2 aromatic heterocycles. The fourth-order valence-corrected chi connectivity index (χ4v) is 5.32. The molecule has 0 spiro atoms. The van der Waals surface area contributed by atoms with Crippen molar-refractivity contribution in [2.45, 2.75) is 23.4 Å². The first-order valence-corrected chi connectivity index (χ1v) is 12.1. The van der Waals surface area contributed by atoms with Crippen LogP contribution in [0.5, 0.6) is 5.75 Å². The Morgan fingerprint density at radius 1 is 1.11 bits per heavy atom. The largest absolute Gasteiger partial charge is 0.495 e. The summed E-state index contributed by atoms with van der Waals surface area (Å²) in [5.41, 5.74) is -1.28. The van der Waals surface area contributed by atoms with Crippen molar-refractivity contribution in [2.24, 2.45) is 5.92 Å². The summed E-state index contributed by atoms with van der Waals surface area (Å²) in [5, 5.41) is 3.50. The van der Waals surface area contributed by atoms with Gasteiger partial charge in [-0.3, -0.25) is 14.1 Å². The van der Waals surface area contributed by atoms with Crippen LogP contribution in [-0.2, 0) is 10.0 Å². The number of pyridine rings is 1. The zero-order valence-corrected chi connectivity index (χ0v) is 19.5. The van der Waals surface area contributed by atoms with E-state index >= 15 is 8.78 Å². The van der Waals surface area contributed by atoms with Crippen molar-refractivity contribution in [2.75, 3.05) is 11.8 Å². The van der Waals surface area contributed by atoms with Crippen molar-refractivity contribution in [3.63, 3.8) is 0 Å². The number of nitrogens with zero attached hydrogens (tertiary/aromatic N) is 2. The molecule has 1 saturated carbocycles. The number of halogens is 5. The van der Waals surface area contributed by atoms with Gasteiger partial charge in [0, 0.05) is 29.7 Å². The Morgan fingerprint density at radius 3 is 2.49 bits per heavy atom. The molecule has 194 valence electrons. The number of sulfonamides is 1. The van der Waals surface area contributed by atoms with E-state index in [-0.39, 0.29) is 40.1 Å². The van der Waals surface area contributed by atoms with E-state index in [1.54, 1.807) is 0 Å². The number of benzene rings is 2. The third-order valence-corrected chi connectivity index (χ3v) is 7.43. The van der Waals surface area contributed by atoms with Crippen LogP contribution < -0.4 is 15.0 Å². The van der Waals surface area contributed by atoms with Gasteiger partial charge in [0.1, 0.15) is 28.5 Å². The molecule has 1 aliphatic rings. The standard InChI is InChI=1S/C23H16F5N3O5S/c1-35-19-8-13(12-7-14(12)23(26,27)28)15(24)9-18(19)31-17-10-16(25)20(6-11(17)2-3-22(31)32)37(33,34)30-21-4-5-36-29-21/h2-6,8-10,12,14H,7H2,1H3,(H,29,30)/t12-,14+/m0/s1. The van der Waals surface area contributed by atoms with Crippen LogP contribution in [0, 0.1) is 17.6 Å². The molecule has 1 fully saturated rings. The van der Waals surface area contributed by atoms with Gasteiger partial charge >= 0.3 is 6.18 Å². The second-order valence-corrected chi connectivity index (χ2v) is 10.0. The van der Waals surface area contributed by atoms with E-state index in [0.717, 1.165) is 41.2 Å². The lowest BCUT2D eigenvalue weighted by atomic mass is 10.1. The van der Waals surface area contributed by atoms with Crippen LogP contribution in [0.15, 0.2) is 62.9 Å². The monoisotopic (exact) mass is 541 g/mol. The molecule has 0 aliphatic heterocycles. The number of ether oxygens (including phenoxy) is 1. The molecule has 14 heteroatoms. The first-order valence-electron chi connectivity index (χ1n) is 10.6. The Kier molecular flexibility index (Phi) is 5.73. The molecule has 0 radical (unpaired) electrons. The van der Waals surface area contributed by atoms with Crippen molar-refractivity contribution >= 4 is 26.7 Å². The first-order chi connectivity index (χ1) is 17.4. The van der Waals surface area contributed by atoms with Crippen molar-refractivity contribution in [1.82, 2.24) is 9.72 Å². The van der Waals surface area contributed by atoms with Gasteiger partial charge in [-0.05, 0) is 36.1 Å². The number of nitrogens with one attached hydrogen (secondary N) is 1. The van der Waals surface area contributed by atoms with Gasteiger partial charge in [-0.1, -0.05) is 5.16 Å². The molecule has 8 nitrogen and oxygen atoms in total. The molecule has 37 heavy (non-hydrogen) atoms. The van der Waals surface area contributed by atoms with Crippen molar-refractivity contribution in [3.8, 4) is 11.4 Å². The first kappa shape index (κ1) is 24.7. The molecule has 1 N–H and O–H groups in total. The number of methoxy groups -OCH3 is 1. The van der Waals surface area contributed by atoms with Crippen LogP contribution in [0.3, 0.4) is 0 Å². The van der Waals surface area contributed by atoms with Crippen molar-refractivity contribution in [1.29, 1.82) is 0 Å². The van der Waals surface area contributed by atoms with Gasteiger partial charge in [-0.2, -0.15) is 13.2 Å². The Labute approximate surface area is 205 Å². The predicted octanol–water partition coefficient (Wildman–Crippen LogP) is 4.73. The van der Waals surface area contributed by atoms with Gasteiger partial charge in [-0.15, -0.1) is 0 Å². The third-order valence-electron chi connectivity index (χ3n) is 6.06. The molecule has 0 bridgehead atoms. The summed E-state index contributed by atoms with van der Waals surface area (Å²) >= 11 is 0. The Morgan fingerprint density at radius 2 is 1.86 bits per heavy atom. The molecule has 0 unspecified atom stereocenters. The number of aromatic nitrogens is 2. The average molecular weight is 541 g/mol. The molecule has 5 rings (SSSR count). The van der Waals surface area contributed by atoms with E-state index in [1.165, 1.54) is 19.2 Å². The maximum atomic E-state index is 15.1. The maximum absolute atomic E-state index is 15.1. The fourth-order valence-electron chi connectivity index (χ4n) is 4.23. The summed E-state index contributed by atoms with van der Waals surface area (Å²) in [6.07, 6.45) is -3.65. The van der Waals surface area contributed by atoms with Crippen LogP contribution in [0.25, 0.3) is 16.6 Å². The van der Waals surface area contributed by atoms with Crippen molar-refractivity contribution < 1.29 is 39.6 Å². The zero-order chi connectivity index (χ0) is 26.7. The highest BCUT2D eigenvalue weighted by atomic mass is 32.2. The highest BCUT2D eigenvalue weighted by Crippen LogP contribution is 2.57. The summed E-state index contributed by atoms with van der Waals surface area (Å²) in [6, 6.07) is 7.18. The topological polar surface area (TPSA) is 103 Å². The minimum Gasteiger partial charge on any atom is -0.495 e. The minimum atomic E-state index is -4.48. The average Bonchev–Trinajstić information content (AvgIpc) is 3.48. The highest BCUT2D eigenvalue weighted by Gasteiger charge is 2.57. The van der Waals surface area contributed by atoms with E-state index in [9.17, 15) is 26.4 Å². The summed E-state index contributed by atoms with van der Waals surface area (Å²) in [5.74, 6) is -5.30. The van der Waals surface area contributed by atoms with Gasteiger partial charge in [0.15, 0.2) is 5.82 Å². The molecule has 2 aromatic carbocycles. The Bertz CT molecular complexity index is 1680. The fraction of sp³-hybridized carbons (Fsp3) is 0.217. The van der Waals surface area contributed by atoms with Crippen LogP contribution >= 0.6 is 0 Å². The molecule has 2 heterocycles. The number of hydrogen-bond donors (Lipinski definition) is 1. The summed E-state index contributed by atoms with van der Waals surface area (Å²) in [7, 11) is -3.26. The van der Waals surface area contributed by atoms with Gasteiger partial charge in [0.05, 0.1) is 24.2 Å². The van der Waals surface area contributed by atoms with Crippen LogP contribution in [-0.4, -0.2) is 31.4 Å². The maximum Gasteiger partial charge on any atom is 0.392 e. The molecule has 1 aliphatic carbocycles. The normalized spacial score (nSPS) is 17.7. The quantitative estimate of drug-likeness (QED) is 0.354. The molecular weight excluding hydrogens is 525 g/mol. The lowest BCUT2D eigenvalue weighted by molar-refractivity contribution is -0.148. The number of anilines is 1. The SMILES string of the molecule is COc1cc([C@@H]2C[C@H]2C(F)(F)F)c(F)cc1-n1c(=O)ccc2cc(S(=O)(=O)Nc3ccon3)c(F)cc21. The highest BCUT2D eigenvalue weighted by molar-refractivity contribution is 7.92. The van der Waals surface area contributed by atoms with Crippen LogP contribution in [0.2, 0.25) is 0 Å². The lowest BCUT2D eigenvalue weighted by Gasteiger charge is -2.17. The molecule has 0 amide bonds. The smallest absolute Gasteiger partial charge is 0.392 e. The van der Waals surface area contributed by atoms with Gasteiger partial charge in [0.25, 0.3) is 15.6 Å². The minimum absolute atomic E-state index is 0.0902. The van der Waals surface area contributed by atoms with Crippen LogP contribution in [0.4, 0.5) is 27.8 Å². The van der Waals surface area contributed by atoms with Gasteiger partial charge in [-0.25, -0.2) is 17.2 Å². The predicted molar refractivity (Wildman–Crippen MR) is 120 cm³/mol. The van der Waals surface area contributed by atoms with Crippen LogP contribution in [0.1, 0.15) is 17.9 Å². The van der Waals surface area contributed by atoms with E-state index in [0.29, 0.717) is 0 Å². The lowest BCUT2D eigenvalue weighted by Crippen LogP contribution is -2.20. The summed E-state index contributed by atoms with van der Waals surface area (Å²) in [4.78, 5) is 12.0. The number of alkyl halides is 3.